The smallest absolute Gasteiger partial charge is 0.306 e. The average Bonchev–Trinajstić information content (AvgIpc) is 2.90. The van der Waals surface area contributed by atoms with Crippen molar-refractivity contribution < 1.29 is 23.5 Å². The number of hydrogen-bond acceptors (Lipinski definition) is 9. The quantitative estimate of drug-likeness (QED) is 0.312. The number of alkyl halides is 1. The first-order valence-electron chi connectivity index (χ1n) is 11.6. The number of nitrogens with two attached hydrogens (primary N) is 1. The molecule has 0 unspecified atom stereocenters. The van der Waals surface area contributed by atoms with Crippen molar-refractivity contribution in [1.29, 1.82) is 5.26 Å². The van der Waals surface area contributed by atoms with Crippen molar-refractivity contribution in [2.24, 2.45) is 0 Å². The molecule has 2 aromatic carbocycles. The van der Waals surface area contributed by atoms with Gasteiger partial charge in [0.15, 0.2) is 11.4 Å². The van der Waals surface area contributed by atoms with Crippen LogP contribution >= 0.6 is 0 Å². The third-order valence-electron chi connectivity index (χ3n) is 5.14. The predicted octanol–water partition coefficient (Wildman–Crippen LogP) is 3.74. The van der Waals surface area contributed by atoms with E-state index in [4.69, 9.17) is 15.2 Å². The number of nitriles is 1. The van der Waals surface area contributed by atoms with Gasteiger partial charge in [0, 0.05) is 12.1 Å². The van der Waals surface area contributed by atoms with Crippen molar-refractivity contribution in [2.75, 3.05) is 23.0 Å². The van der Waals surface area contributed by atoms with Crippen LogP contribution in [0, 0.1) is 11.3 Å². The number of rotatable bonds is 12. The van der Waals surface area contributed by atoms with Crippen LogP contribution in [0.15, 0.2) is 54.6 Å². The molecule has 0 bridgehead atoms. The minimum Gasteiger partial charge on any atom is -0.477 e. The van der Waals surface area contributed by atoms with Crippen LogP contribution in [0.4, 0.5) is 21.8 Å². The van der Waals surface area contributed by atoms with Gasteiger partial charge < -0.3 is 25.8 Å². The van der Waals surface area contributed by atoms with Gasteiger partial charge in [-0.25, -0.2) is 4.39 Å². The highest BCUT2D eigenvalue weighted by molar-refractivity contribution is 5.97. The molecule has 0 aliphatic rings. The van der Waals surface area contributed by atoms with Crippen molar-refractivity contribution in [1.82, 2.24) is 9.97 Å². The zero-order valence-electron chi connectivity index (χ0n) is 20.2. The molecule has 0 saturated carbocycles. The molecule has 0 aliphatic heterocycles. The van der Waals surface area contributed by atoms with E-state index >= 15 is 0 Å². The fraction of sp³-hybridized carbons (Fsp3) is 0.269. The minimum atomic E-state index is -1.03. The van der Waals surface area contributed by atoms with Gasteiger partial charge in [-0.15, -0.1) is 0 Å². The molecule has 3 rings (SSSR count). The Hall–Kier alpha value is -4.72. The predicted molar refractivity (Wildman–Crippen MR) is 135 cm³/mol. The maximum Gasteiger partial charge on any atom is 0.306 e. The van der Waals surface area contributed by atoms with E-state index in [1.165, 1.54) is 6.07 Å². The number of aromatic nitrogens is 2. The van der Waals surface area contributed by atoms with Gasteiger partial charge >= 0.3 is 5.97 Å². The van der Waals surface area contributed by atoms with Gasteiger partial charge in [-0.1, -0.05) is 42.5 Å². The molecule has 0 fully saturated rings. The fourth-order valence-corrected chi connectivity index (χ4v) is 3.37. The lowest BCUT2D eigenvalue weighted by Crippen LogP contribution is -2.36. The number of nitrogens with one attached hydrogen (secondary N) is 2. The monoisotopic (exact) mass is 506 g/mol. The summed E-state index contributed by atoms with van der Waals surface area (Å²) in [6.07, 6.45) is -0.107. The van der Waals surface area contributed by atoms with E-state index in [0.717, 1.165) is 5.56 Å². The maximum absolute atomic E-state index is 13.2. The van der Waals surface area contributed by atoms with E-state index in [2.05, 4.69) is 20.6 Å². The zero-order chi connectivity index (χ0) is 26.6. The van der Waals surface area contributed by atoms with Crippen molar-refractivity contribution >= 4 is 29.3 Å². The summed E-state index contributed by atoms with van der Waals surface area (Å²) in [6, 6.07) is 16.4. The lowest BCUT2D eigenvalue weighted by atomic mass is 10.1. The van der Waals surface area contributed by atoms with Gasteiger partial charge in [-0.3, -0.25) is 9.59 Å². The standard InChI is InChI=1S/C26H27FN6O4/c1-2-36-25-20(15-28)23(32-26(29)33-25)31-21(24(35)30-19-10-6-9-18(13-19)14-27)11-12-22(34)37-16-17-7-4-3-5-8-17/h3-10,13,21H,2,11-12,14,16H2,1H3,(H,30,35)(H3,29,31,32,33)/t21-/m0/s1. The molecule has 37 heavy (non-hydrogen) atoms. The van der Waals surface area contributed by atoms with E-state index in [9.17, 15) is 19.2 Å². The third-order valence-corrected chi connectivity index (χ3v) is 5.14. The Kier molecular flexibility index (Phi) is 9.73. The summed E-state index contributed by atoms with van der Waals surface area (Å²) in [5.74, 6) is -1.26. The molecule has 1 heterocycles. The fourth-order valence-electron chi connectivity index (χ4n) is 3.37. The largest absolute Gasteiger partial charge is 0.477 e. The van der Waals surface area contributed by atoms with Gasteiger partial charge in [-0.2, -0.15) is 15.2 Å². The Bertz CT molecular complexity index is 1270. The van der Waals surface area contributed by atoms with Gasteiger partial charge in [0.1, 0.15) is 25.4 Å². The summed E-state index contributed by atoms with van der Waals surface area (Å²) in [7, 11) is 0. The van der Waals surface area contributed by atoms with Crippen LogP contribution in [-0.4, -0.2) is 34.5 Å². The van der Waals surface area contributed by atoms with Gasteiger partial charge in [0.05, 0.1) is 6.61 Å². The Balaban J connectivity index is 1.79. The van der Waals surface area contributed by atoms with Crippen LogP contribution in [0.5, 0.6) is 5.88 Å². The summed E-state index contributed by atoms with van der Waals surface area (Å²) in [5.41, 5.74) is 7.33. The molecule has 0 spiro atoms. The minimum absolute atomic E-state index is 0.000995. The van der Waals surface area contributed by atoms with Crippen LogP contribution < -0.4 is 21.1 Å². The van der Waals surface area contributed by atoms with E-state index in [0.29, 0.717) is 11.3 Å². The molecule has 1 atom stereocenters. The SMILES string of the molecule is CCOc1nc(N)nc(N[C@@H](CCC(=O)OCc2ccccc2)C(=O)Nc2cccc(CF)c2)c1C#N. The number of ether oxygens (including phenoxy) is 2. The lowest BCUT2D eigenvalue weighted by molar-refractivity contribution is -0.145. The van der Waals surface area contributed by atoms with E-state index < -0.39 is 24.6 Å². The number of anilines is 3. The molecular weight excluding hydrogens is 479 g/mol. The lowest BCUT2D eigenvalue weighted by Gasteiger charge is -2.20. The highest BCUT2D eigenvalue weighted by atomic mass is 19.1. The number of carbonyl (C=O) groups is 2. The average molecular weight is 507 g/mol. The molecule has 192 valence electrons. The van der Waals surface area contributed by atoms with Crippen LogP contribution in [0.25, 0.3) is 0 Å². The Labute approximate surface area is 213 Å². The molecule has 10 nitrogen and oxygen atoms in total. The second-order valence-electron chi connectivity index (χ2n) is 7.86. The van der Waals surface area contributed by atoms with Gasteiger partial charge in [0.25, 0.3) is 0 Å². The molecular formula is C26H27FN6O4. The second-order valence-corrected chi connectivity index (χ2v) is 7.86. The zero-order valence-corrected chi connectivity index (χ0v) is 20.2. The first kappa shape index (κ1) is 26.9. The Morgan fingerprint density at radius 2 is 1.89 bits per heavy atom. The Morgan fingerprint density at radius 3 is 2.59 bits per heavy atom. The number of nitrogen functional groups attached to an aromatic ring is 1. The number of halogens is 1. The summed E-state index contributed by atoms with van der Waals surface area (Å²) < 4.78 is 23.8. The van der Waals surface area contributed by atoms with Gasteiger partial charge in [0.2, 0.25) is 17.7 Å². The number of benzene rings is 2. The second kappa shape index (κ2) is 13.4. The summed E-state index contributed by atoms with van der Waals surface area (Å²) in [5, 5.41) is 15.2. The molecule has 1 amide bonds. The summed E-state index contributed by atoms with van der Waals surface area (Å²) in [6.45, 7) is 1.35. The normalized spacial score (nSPS) is 11.2. The van der Waals surface area contributed by atoms with Crippen LogP contribution in [-0.2, 0) is 27.6 Å². The molecule has 1 aromatic heterocycles. The van der Waals surface area contributed by atoms with E-state index in [1.807, 2.05) is 36.4 Å². The van der Waals surface area contributed by atoms with Crippen molar-refractivity contribution in [3.8, 4) is 11.9 Å². The molecule has 0 radical (unpaired) electrons. The molecule has 11 heteroatoms. The van der Waals surface area contributed by atoms with Crippen molar-refractivity contribution in [3.05, 3.63) is 71.3 Å². The highest BCUT2D eigenvalue weighted by Gasteiger charge is 2.24. The molecule has 0 saturated heterocycles. The summed E-state index contributed by atoms with van der Waals surface area (Å²) in [4.78, 5) is 33.6. The van der Waals surface area contributed by atoms with Crippen LogP contribution in [0.2, 0.25) is 0 Å². The molecule has 4 N–H and O–H groups in total. The number of carbonyl (C=O) groups excluding carboxylic acids is 2. The third kappa shape index (κ3) is 7.90. The van der Waals surface area contributed by atoms with E-state index in [1.54, 1.807) is 25.1 Å². The number of nitrogens with zero attached hydrogens (tertiary/aromatic N) is 3. The first-order valence-corrected chi connectivity index (χ1v) is 11.6. The molecule has 3 aromatic rings. The number of amides is 1. The van der Waals surface area contributed by atoms with Crippen molar-refractivity contribution in [2.45, 2.75) is 39.1 Å². The number of hydrogen-bond donors (Lipinski definition) is 3. The van der Waals surface area contributed by atoms with Crippen LogP contribution in [0.1, 0.15) is 36.5 Å². The van der Waals surface area contributed by atoms with Gasteiger partial charge in [-0.05, 0) is 36.6 Å². The maximum atomic E-state index is 13.2. The number of esters is 1. The van der Waals surface area contributed by atoms with Crippen molar-refractivity contribution in [3.63, 3.8) is 0 Å². The van der Waals surface area contributed by atoms with E-state index in [-0.39, 0.29) is 49.3 Å². The Morgan fingerprint density at radius 1 is 1.14 bits per heavy atom. The first-order chi connectivity index (χ1) is 17.9. The molecule has 0 aliphatic carbocycles. The topological polar surface area (TPSA) is 152 Å². The summed E-state index contributed by atoms with van der Waals surface area (Å²) >= 11 is 0. The van der Waals surface area contributed by atoms with Crippen LogP contribution in [0.3, 0.4) is 0 Å². The highest BCUT2D eigenvalue weighted by Crippen LogP contribution is 2.25.